The first-order valence-corrected chi connectivity index (χ1v) is 17.7. The van der Waals surface area contributed by atoms with Gasteiger partial charge in [0.2, 0.25) is 0 Å². The lowest BCUT2D eigenvalue weighted by Gasteiger charge is -2.62. The second-order valence-corrected chi connectivity index (χ2v) is 15.8. The molecule has 0 spiro atoms. The molecule has 6 rings (SSSR count). The molecule has 0 aromatic rings. The number of carbonyl (C=O) groups is 2. The van der Waals surface area contributed by atoms with Crippen molar-refractivity contribution in [3.05, 3.63) is 0 Å². The predicted octanol–water partition coefficient (Wildman–Crippen LogP) is 5.59. The maximum absolute atomic E-state index is 12.9. The molecule has 4 aliphatic carbocycles. The summed E-state index contributed by atoms with van der Waals surface area (Å²) < 4.78 is 19.5. The van der Waals surface area contributed by atoms with Gasteiger partial charge in [-0.05, 0) is 86.9 Å². The van der Waals surface area contributed by atoms with Crippen molar-refractivity contribution in [1.82, 2.24) is 4.90 Å². The molecule has 6 fully saturated rings. The van der Waals surface area contributed by atoms with Crippen LogP contribution in [0.25, 0.3) is 0 Å². The number of hydrogen-bond acceptors (Lipinski definition) is 6. The molecule has 0 amide bonds. The van der Waals surface area contributed by atoms with Crippen LogP contribution >= 0.6 is 0 Å². The summed E-state index contributed by atoms with van der Waals surface area (Å²) in [5.74, 6) is 2.53. The van der Waals surface area contributed by atoms with Gasteiger partial charge in [-0.1, -0.05) is 27.7 Å². The molecule has 0 radical (unpaired) electrons. The molecule has 2 saturated heterocycles. The van der Waals surface area contributed by atoms with E-state index in [9.17, 15) is 9.59 Å². The first-order chi connectivity index (χ1) is 20.1. The zero-order valence-corrected chi connectivity index (χ0v) is 27.3. The molecule has 6 aliphatic rings. The van der Waals surface area contributed by atoms with E-state index < -0.39 is 0 Å². The second kappa shape index (κ2) is 12.0. The SMILES string of the molecule is CCC(=O)O[C@H]1C[C@@H]2CCC3C4C[C@H]([N+]5(C)CCCCC5)[C@H](OC(=O)CC)[C@@]4(C)CCC3[C@@]2(C)C[C@@H]1N1CCOCC1. The highest BCUT2D eigenvalue weighted by atomic mass is 16.6. The van der Waals surface area contributed by atoms with Crippen LogP contribution in [0.1, 0.15) is 105 Å². The molecule has 4 saturated carbocycles. The Hall–Kier alpha value is -1.18. The van der Waals surface area contributed by atoms with E-state index in [0.717, 1.165) is 50.0 Å². The van der Waals surface area contributed by atoms with Crippen LogP contribution < -0.4 is 0 Å². The van der Waals surface area contributed by atoms with Gasteiger partial charge in [-0.25, -0.2) is 0 Å². The number of rotatable bonds is 6. The monoisotopic (exact) mass is 587 g/mol. The lowest BCUT2D eigenvalue weighted by atomic mass is 9.44. The third-order valence-electron chi connectivity index (χ3n) is 13.9. The number of esters is 2. The molecule has 42 heavy (non-hydrogen) atoms. The lowest BCUT2D eigenvalue weighted by Crippen LogP contribution is -2.62. The fourth-order valence-electron chi connectivity index (χ4n) is 11.5. The lowest BCUT2D eigenvalue weighted by molar-refractivity contribution is -0.940. The van der Waals surface area contributed by atoms with Crippen LogP contribution in [0.4, 0.5) is 0 Å². The summed E-state index contributed by atoms with van der Waals surface area (Å²) in [6.07, 6.45) is 13.1. The zero-order valence-electron chi connectivity index (χ0n) is 27.3. The van der Waals surface area contributed by atoms with E-state index in [0.29, 0.717) is 42.6 Å². The zero-order chi connectivity index (χ0) is 29.7. The third kappa shape index (κ3) is 5.25. The van der Waals surface area contributed by atoms with Crippen molar-refractivity contribution in [2.24, 2.45) is 34.5 Å². The number of ether oxygens (including phenoxy) is 3. The van der Waals surface area contributed by atoms with Crippen molar-refractivity contribution >= 4 is 11.9 Å². The van der Waals surface area contributed by atoms with Crippen LogP contribution in [0.15, 0.2) is 0 Å². The fraction of sp³-hybridized carbons (Fsp3) is 0.943. The number of quaternary nitrogens is 1. The molecular formula is C35H59N2O5+. The van der Waals surface area contributed by atoms with Gasteiger partial charge in [-0.3, -0.25) is 14.5 Å². The molecule has 238 valence electrons. The Morgan fingerprint density at radius 3 is 2.26 bits per heavy atom. The van der Waals surface area contributed by atoms with Crippen LogP contribution in [0, 0.1) is 34.5 Å². The maximum Gasteiger partial charge on any atom is 0.306 e. The van der Waals surface area contributed by atoms with Crippen molar-refractivity contribution < 1.29 is 28.3 Å². The molecule has 7 heteroatoms. The number of fused-ring (bicyclic) bond motifs is 5. The second-order valence-electron chi connectivity index (χ2n) is 15.8. The third-order valence-corrected chi connectivity index (χ3v) is 13.9. The minimum absolute atomic E-state index is 0.00344. The van der Waals surface area contributed by atoms with Crippen molar-refractivity contribution in [3.8, 4) is 0 Å². The summed E-state index contributed by atoms with van der Waals surface area (Å²) in [6, 6.07) is 0.704. The molecular weight excluding hydrogens is 528 g/mol. The van der Waals surface area contributed by atoms with Gasteiger partial charge in [0.1, 0.15) is 12.1 Å². The topological polar surface area (TPSA) is 65.1 Å². The Morgan fingerprint density at radius 1 is 0.881 bits per heavy atom. The molecule has 3 unspecified atom stereocenters. The molecule has 10 atom stereocenters. The van der Waals surface area contributed by atoms with Gasteiger partial charge in [0.25, 0.3) is 0 Å². The fourth-order valence-corrected chi connectivity index (χ4v) is 11.5. The number of carbonyl (C=O) groups excluding carboxylic acids is 2. The number of hydrogen-bond donors (Lipinski definition) is 0. The quantitative estimate of drug-likeness (QED) is 0.298. The van der Waals surface area contributed by atoms with Crippen molar-refractivity contribution in [2.75, 3.05) is 46.4 Å². The van der Waals surface area contributed by atoms with E-state index in [1.165, 1.54) is 58.0 Å². The highest BCUT2D eigenvalue weighted by Crippen LogP contribution is 2.67. The van der Waals surface area contributed by atoms with Crippen molar-refractivity contribution in [2.45, 2.75) is 129 Å². The van der Waals surface area contributed by atoms with Gasteiger partial charge in [0.15, 0.2) is 6.10 Å². The normalized spacial score (nSPS) is 45.3. The minimum atomic E-state index is -0.0528. The van der Waals surface area contributed by atoms with Gasteiger partial charge < -0.3 is 18.7 Å². The van der Waals surface area contributed by atoms with Crippen LogP contribution in [0.2, 0.25) is 0 Å². The molecule has 2 aliphatic heterocycles. The molecule has 2 heterocycles. The molecule has 0 aromatic carbocycles. The van der Waals surface area contributed by atoms with E-state index in [2.05, 4.69) is 25.8 Å². The Labute approximate surface area is 255 Å². The number of likely N-dealkylation sites (tertiary alicyclic amines) is 1. The number of piperidine rings is 1. The maximum atomic E-state index is 12.9. The molecule has 0 bridgehead atoms. The molecule has 0 N–H and O–H groups in total. The summed E-state index contributed by atoms with van der Waals surface area (Å²) in [4.78, 5) is 28.0. The summed E-state index contributed by atoms with van der Waals surface area (Å²) >= 11 is 0. The summed E-state index contributed by atoms with van der Waals surface area (Å²) in [7, 11) is 2.47. The molecule has 7 nitrogen and oxygen atoms in total. The average molecular weight is 588 g/mol. The van der Waals surface area contributed by atoms with Crippen molar-refractivity contribution in [1.29, 1.82) is 0 Å². The summed E-state index contributed by atoms with van der Waals surface area (Å²) in [6.45, 7) is 14.8. The van der Waals surface area contributed by atoms with E-state index >= 15 is 0 Å². The van der Waals surface area contributed by atoms with E-state index in [-0.39, 0.29) is 41.0 Å². The van der Waals surface area contributed by atoms with Crippen LogP contribution in [-0.4, -0.2) is 92.1 Å². The minimum Gasteiger partial charge on any atom is -0.461 e. The van der Waals surface area contributed by atoms with Gasteiger partial charge in [-0.2, -0.15) is 0 Å². The summed E-state index contributed by atoms with van der Waals surface area (Å²) in [5.41, 5.74) is 0.315. The van der Waals surface area contributed by atoms with Gasteiger partial charge in [0, 0.05) is 43.8 Å². The predicted molar refractivity (Wildman–Crippen MR) is 163 cm³/mol. The van der Waals surface area contributed by atoms with Crippen LogP contribution in [0.3, 0.4) is 0 Å². The number of nitrogens with zero attached hydrogens (tertiary/aromatic N) is 2. The van der Waals surface area contributed by atoms with E-state index in [1.54, 1.807) is 0 Å². The Bertz CT molecular complexity index is 992. The van der Waals surface area contributed by atoms with Gasteiger partial charge in [-0.15, -0.1) is 0 Å². The number of likely N-dealkylation sites (N-methyl/N-ethyl adjacent to an activating group) is 1. The smallest absolute Gasteiger partial charge is 0.306 e. The first-order valence-electron chi connectivity index (χ1n) is 17.7. The summed E-state index contributed by atoms with van der Waals surface area (Å²) in [5, 5.41) is 0. The van der Waals surface area contributed by atoms with Crippen LogP contribution in [0.5, 0.6) is 0 Å². The van der Waals surface area contributed by atoms with E-state index in [1.807, 2.05) is 13.8 Å². The first kappa shape index (κ1) is 30.8. The van der Waals surface area contributed by atoms with Gasteiger partial charge >= 0.3 is 11.9 Å². The highest BCUT2D eigenvalue weighted by molar-refractivity contribution is 5.69. The number of morpholine rings is 1. The van der Waals surface area contributed by atoms with E-state index in [4.69, 9.17) is 14.2 Å². The van der Waals surface area contributed by atoms with Gasteiger partial charge in [0.05, 0.1) is 33.4 Å². The average Bonchev–Trinajstić information content (AvgIpc) is 3.30. The largest absolute Gasteiger partial charge is 0.461 e. The molecule has 0 aromatic heterocycles. The van der Waals surface area contributed by atoms with Crippen LogP contribution in [-0.2, 0) is 23.8 Å². The Kier molecular flexibility index (Phi) is 8.78. The Balaban J connectivity index is 1.29. The Morgan fingerprint density at radius 2 is 1.57 bits per heavy atom. The highest BCUT2D eigenvalue weighted by Gasteiger charge is 2.67. The standard InChI is InChI=1S/C35H59N2O5/c1-6-31(38)41-30-21-24-11-12-25-26(35(24,4)23-28(30)36-15-19-40-20-16-36)13-14-34(3)27(25)22-29(33(34)42-32(39)7-2)37(5)17-9-8-10-18-37/h24-30,33H,6-23H2,1-5H3/q+1/t24-,25?,26?,27?,28-,29-,30-,33-,34-,35-/m0/s1. The van der Waals surface area contributed by atoms with Crippen molar-refractivity contribution in [3.63, 3.8) is 0 Å².